The Balaban J connectivity index is 2.38. The molecule has 0 amide bonds. The van der Waals surface area contributed by atoms with Crippen LogP contribution >= 0.6 is 0 Å². The fraction of sp³-hybridized carbons (Fsp3) is 0.273. The molecule has 0 radical (unpaired) electrons. The highest BCUT2D eigenvalue weighted by Gasteiger charge is 2.25. The lowest BCUT2D eigenvalue weighted by Crippen LogP contribution is -2.12. The van der Waals surface area contributed by atoms with Crippen LogP contribution in [0, 0.1) is 10.1 Å². The third-order valence-electron chi connectivity index (χ3n) is 2.75. The van der Waals surface area contributed by atoms with E-state index in [1.54, 1.807) is 6.92 Å². The number of hydrogen-bond donors (Lipinski definition) is 0. The van der Waals surface area contributed by atoms with Crippen LogP contribution < -0.4 is 0 Å². The molecule has 0 saturated carbocycles. The number of sulfone groups is 1. The maximum Gasteiger partial charge on any atom is 0.342 e. The normalized spacial score (nSPS) is 11.4. The summed E-state index contributed by atoms with van der Waals surface area (Å²) in [4.78, 5) is 17.9. The van der Waals surface area contributed by atoms with E-state index in [4.69, 9.17) is 0 Å². The van der Waals surface area contributed by atoms with Crippen LogP contribution in [0.25, 0.3) is 0 Å². The Labute approximate surface area is 115 Å². The Hall–Kier alpha value is -2.29. The van der Waals surface area contributed by atoms with Crippen molar-refractivity contribution in [3.63, 3.8) is 0 Å². The zero-order valence-corrected chi connectivity index (χ0v) is 11.4. The van der Waals surface area contributed by atoms with E-state index in [2.05, 4.69) is 9.97 Å². The van der Waals surface area contributed by atoms with Gasteiger partial charge >= 0.3 is 5.82 Å². The molecule has 0 N–H and O–H groups in total. The van der Waals surface area contributed by atoms with Crippen LogP contribution in [-0.2, 0) is 22.1 Å². The van der Waals surface area contributed by atoms with Crippen LogP contribution in [-0.4, -0.2) is 27.9 Å². The van der Waals surface area contributed by atoms with Crippen LogP contribution in [0.3, 0.4) is 0 Å². The second-order valence-electron chi connectivity index (χ2n) is 3.98. The van der Waals surface area contributed by atoms with Gasteiger partial charge in [-0.15, -0.1) is 0 Å². The van der Waals surface area contributed by atoms with Crippen molar-refractivity contribution in [3.05, 3.63) is 46.7 Å². The van der Waals surface area contributed by atoms with E-state index in [1.165, 1.54) is 29.1 Å². The predicted molar refractivity (Wildman–Crippen MR) is 69.7 cm³/mol. The first-order valence-electron chi connectivity index (χ1n) is 5.77. The Morgan fingerprint density at radius 1 is 1.35 bits per heavy atom. The average molecular weight is 296 g/mol. The summed E-state index contributed by atoms with van der Waals surface area (Å²) < 4.78 is 25.7. The van der Waals surface area contributed by atoms with E-state index >= 15 is 0 Å². The molecule has 2 rings (SSSR count). The van der Waals surface area contributed by atoms with Crippen molar-refractivity contribution < 1.29 is 13.3 Å². The molecule has 0 aliphatic rings. The standard InChI is InChI=1S/C11H12N4O4S/c1-2-14-10(13-7-11(14)15(16)17)8-20(18,19)9-3-5-12-6-4-9/h3-7H,2,8H2,1H3. The van der Waals surface area contributed by atoms with E-state index in [0.717, 1.165) is 6.20 Å². The van der Waals surface area contributed by atoms with Gasteiger partial charge in [-0.1, -0.05) is 0 Å². The average Bonchev–Trinajstić information content (AvgIpc) is 2.82. The van der Waals surface area contributed by atoms with Crippen molar-refractivity contribution in [1.82, 2.24) is 14.5 Å². The monoisotopic (exact) mass is 296 g/mol. The first kappa shape index (κ1) is 14.1. The lowest BCUT2D eigenvalue weighted by molar-refractivity contribution is -0.392. The highest BCUT2D eigenvalue weighted by Crippen LogP contribution is 2.19. The lowest BCUT2D eigenvalue weighted by atomic mass is 10.5. The summed E-state index contributed by atoms with van der Waals surface area (Å²) in [6.45, 7) is 1.97. The minimum Gasteiger partial charge on any atom is -0.358 e. The van der Waals surface area contributed by atoms with Crippen molar-refractivity contribution in [3.8, 4) is 0 Å². The molecular weight excluding hydrogens is 284 g/mol. The fourth-order valence-electron chi connectivity index (χ4n) is 1.81. The molecule has 0 saturated heterocycles. The van der Waals surface area contributed by atoms with Crippen molar-refractivity contribution in [1.29, 1.82) is 0 Å². The summed E-state index contributed by atoms with van der Waals surface area (Å²) in [7, 11) is -3.60. The second kappa shape index (κ2) is 5.37. The van der Waals surface area contributed by atoms with E-state index in [9.17, 15) is 18.5 Å². The first-order chi connectivity index (χ1) is 9.45. The molecule has 0 aliphatic heterocycles. The molecule has 0 aromatic carbocycles. The molecule has 2 aromatic heterocycles. The molecule has 106 valence electrons. The number of rotatable bonds is 5. The van der Waals surface area contributed by atoms with Crippen molar-refractivity contribution in [2.24, 2.45) is 0 Å². The number of aromatic nitrogens is 3. The Morgan fingerprint density at radius 2 is 2.00 bits per heavy atom. The highest BCUT2D eigenvalue weighted by molar-refractivity contribution is 7.90. The van der Waals surface area contributed by atoms with Gasteiger partial charge in [0, 0.05) is 12.4 Å². The summed E-state index contributed by atoms with van der Waals surface area (Å²) in [5.74, 6) is -0.456. The molecule has 0 bridgehead atoms. The zero-order chi connectivity index (χ0) is 14.8. The SMILES string of the molecule is CCn1c([N+](=O)[O-])cnc1CS(=O)(=O)c1ccncc1. The van der Waals surface area contributed by atoms with E-state index in [-0.39, 0.29) is 23.1 Å². The molecule has 0 fully saturated rings. The summed E-state index contributed by atoms with van der Waals surface area (Å²) >= 11 is 0. The molecule has 9 heteroatoms. The Kier molecular flexibility index (Phi) is 3.79. The van der Waals surface area contributed by atoms with Gasteiger partial charge in [0.05, 0.1) is 11.4 Å². The summed E-state index contributed by atoms with van der Waals surface area (Å²) in [6, 6.07) is 2.76. The summed E-state index contributed by atoms with van der Waals surface area (Å²) in [6.07, 6.45) is 3.82. The van der Waals surface area contributed by atoms with Gasteiger partial charge in [-0.2, -0.15) is 0 Å². The topological polar surface area (TPSA) is 108 Å². The molecule has 0 atom stereocenters. The van der Waals surface area contributed by atoms with Crippen LogP contribution in [0.4, 0.5) is 5.82 Å². The molecule has 20 heavy (non-hydrogen) atoms. The van der Waals surface area contributed by atoms with Gasteiger partial charge in [0.15, 0.2) is 9.84 Å². The number of pyridine rings is 1. The van der Waals surface area contributed by atoms with Crippen molar-refractivity contribution in [2.75, 3.05) is 0 Å². The van der Waals surface area contributed by atoms with Crippen molar-refractivity contribution >= 4 is 15.7 Å². The Morgan fingerprint density at radius 3 is 2.55 bits per heavy atom. The minimum atomic E-state index is -3.60. The number of nitrogens with zero attached hydrogens (tertiary/aromatic N) is 4. The predicted octanol–water partition coefficient (Wildman–Crippen LogP) is 1.18. The number of nitro groups is 1. The molecule has 0 spiro atoms. The molecule has 0 unspecified atom stereocenters. The third kappa shape index (κ3) is 2.67. The number of imidazole rings is 1. The van der Waals surface area contributed by atoms with Gasteiger partial charge in [-0.3, -0.25) is 4.98 Å². The highest BCUT2D eigenvalue weighted by atomic mass is 32.2. The van der Waals surface area contributed by atoms with Gasteiger partial charge < -0.3 is 10.1 Å². The maximum absolute atomic E-state index is 12.2. The molecule has 8 nitrogen and oxygen atoms in total. The van der Waals surface area contributed by atoms with Gasteiger partial charge in [0.25, 0.3) is 0 Å². The summed E-state index contributed by atoms with van der Waals surface area (Å²) in [5.41, 5.74) is 0. The third-order valence-corrected chi connectivity index (χ3v) is 4.38. The van der Waals surface area contributed by atoms with Crippen LogP contribution in [0.1, 0.15) is 12.7 Å². The van der Waals surface area contributed by atoms with Gasteiger partial charge in [-0.05, 0) is 24.0 Å². The lowest BCUT2D eigenvalue weighted by Gasteiger charge is -2.04. The van der Waals surface area contributed by atoms with Crippen LogP contribution in [0.5, 0.6) is 0 Å². The zero-order valence-electron chi connectivity index (χ0n) is 10.6. The van der Waals surface area contributed by atoms with E-state index in [0.29, 0.717) is 0 Å². The molecule has 2 aromatic rings. The molecular formula is C11H12N4O4S. The van der Waals surface area contributed by atoms with E-state index in [1.807, 2.05) is 0 Å². The van der Waals surface area contributed by atoms with Gasteiger partial charge in [0.2, 0.25) is 5.82 Å². The minimum absolute atomic E-state index is 0.112. The quantitative estimate of drug-likeness (QED) is 0.605. The van der Waals surface area contributed by atoms with Crippen LogP contribution in [0.2, 0.25) is 0 Å². The van der Waals surface area contributed by atoms with Crippen molar-refractivity contribution in [2.45, 2.75) is 24.1 Å². The largest absolute Gasteiger partial charge is 0.358 e. The van der Waals surface area contributed by atoms with Gasteiger partial charge in [0.1, 0.15) is 11.9 Å². The smallest absolute Gasteiger partial charge is 0.342 e. The molecule has 0 aliphatic carbocycles. The fourth-order valence-corrected chi connectivity index (χ4v) is 3.08. The van der Waals surface area contributed by atoms with Crippen LogP contribution in [0.15, 0.2) is 35.6 Å². The first-order valence-corrected chi connectivity index (χ1v) is 7.42. The molecule has 2 heterocycles. The Bertz CT molecular complexity index is 724. The summed E-state index contributed by atoms with van der Waals surface area (Å²) in [5, 5.41) is 10.8. The second-order valence-corrected chi connectivity index (χ2v) is 5.97. The van der Waals surface area contributed by atoms with Gasteiger partial charge in [-0.25, -0.2) is 18.0 Å². The maximum atomic E-state index is 12.2. The number of hydrogen-bond acceptors (Lipinski definition) is 6. The van der Waals surface area contributed by atoms with E-state index < -0.39 is 20.5 Å².